The van der Waals surface area contributed by atoms with Crippen molar-refractivity contribution in [2.75, 3.05) is 13.1 Å². The Labute approximate surface area is 156 Å². The van der Waals surface area contributed by atoms with Gasteiger partial charge in [-0.2, -0.15) is 0 Å². The quantitative estimate of drug-likeness (QED) is 0.876. The van der Waals surface area contributed by atoms with Crippen molar-refractivity contribution in [3.05, 3.63) is 71.3 Å². The smallest absolute Gasteiger partial charge is 0.253 e. The largest absolute Gasteiger partial charge is 0.338 e. The molecule has 1 heterocycles. The topological polar surface area (TPSA) is 46.3 Å². The van der Waals surface area contributed by atoms with E-state index in [-0.39, 0.29) is 23.7 Å². The van der Waals surface area contributed by atoms with Crippen molar-refractivity contribution >= 4 is 18.3 Å². The molecule has 2 aromatic carbocycles. The number of aryl methyl sites for hydroxylation is 1. The highest BCUT2D eigenvalue weighted by Gasteiger charge is 2.35. The van der Waals surface area contributed by atoms with E-state index in [0.717, 1.165) is 43.5 Å². The molecule has 1 aliphatic rings. The van der Waals surface area contributed by atoms with Gasteiger partial charge in [-0.3, -0.25) is 4.79 Å². The molecule has 4 heteroatoms. The molecule has 2 N–H and O–H groups in total. The highest BCUT2D eigenvalue weighted by molar-refractivity contribution is 5.94. The number of halogens is 1. The molecule has 1 atom stereocenters. The number of amides is 1. The van der Waals surface area contributed by atoms with Gasteiger partial charge in [-0.1, -0.05) is 49.4 Å². The van der Waals surface area contributed by atoms with Gasteiger partial charge in [-0.25, -0.2) is 0 Å². The maximum Gasteiger partial charge on any atom is 0.253 e. The zero-order chi connectivity index (χ0) is 17.0. The van der Waals surface area contributed by atoms with E-state index in [9.17, 15) is 4.79 Å². The average Bonchev–Trinajstić information content (AvgIpc) is 3.03. The fourth-order valence-corrected chi connectivity index (χ4v) is 3.46. The molecule has 25 heavy (non-hydrogen) atoms. The lowest BCUT2D eigenvalue weighted by Gasteiger charge is -2.25. The van der Waals surface area contributed by atoms with Gasteiger partial charge in [-0.05, 0) is 47.9 Å². The number of nitrogens with zero attached hydrogens (tertiary/aromatic N) is 1. The molecule has 2 aromatic rings. The summed E-state index contributed by atoms with van der Waals surface area (Å²) >= 11 is 0. The van der Waals surface area contributed by atoms with E-state index in [4.69, 9.17) is 5.73 Å². The van der Waals surface area contributed by atoms with Crippen LogP contribution in [0.5, 0.6) is 0 Å². The van der Waals surface area contributed by atoms with Crippen LogP contribution in [0, 0.1) is 5.41 Å². The normalized spacial score (nSPS) is 19.5. The van der Waals surface area contributed by atoms with Gasteiger partial charge < -0.3 is 10.6 Å². The molecule has 0 saturated carbocycles. The molecule has 0 bridgehead atoms. The average molecular weight is 359 g/mol. The Morgan fingerprint density at radius 1 is 1.08 bits per heavy atom. The van der Waals surface area contributed by atoms with Gasteiger partial charge in [0.05, 0.1) is 0 Å². The summed E-state index contributed by atoms with van der Waals surface area (Å²) < 4.78 is 0. The third-order valence-corrected chi connectivity index (χ3v) is 5.14. The molecule has 134 valence electrons. The van der Waals surface area contributed by atoms with Gasteiger partial charge in [0, 0.05) is 25.2 Å². The Kier molecular flexibility index (Phi) is 6.63. The summed E-state index contributed by atoms with van der Waals surface area (Å²) in [6.07, 6.45) is 3.27. The number of carbonyl (C=O) groups excluding carboxylic acids is 1. The van der Waals surface area contributed by atoms with Gasteiger partial charge in [0.15, 0.2) is 0 Å². The van der Waals surface area contributed by atoms with Crippen LogP contribution in [0.15, 0.2) is 54.6 Å². The number of nitrogens with two attached hydrogens (primary N) is 1. The second-order valence-corrected chi connectivity index (χ2v) is 7.17. The third-order valence-electron chi connectivity index (χ3n) is 5.14. The van der Waals surface area contributed by atoms with Crippen molar-refractivity contribution in [1.29, 1.82) is 0 Å². The molecule has 0 spiro atoms. The van der Waals surface area contributed by atoms with E-state index in [1.54, 1.807) is 0 Å². The molecule has 0 aliphatic carbocycles. The van der Waals surface area contributed by atoms with Crippen LogP contribution in [0.4, 0.5) is 0 Å². The molecule has 0 radical (unpaired) electrons. The zero-order valence-electron chi connectivity index (χ0n) is 14.8. The molecular formula is C21H27ClN2O. The van der Waals surface area contributed by atoms with Crippen LogP contribution >= 0.6 is 12.4 Å². The first kappa shape index (κ1) is 19.5. The van der Waals surface area contributed by atoms with Crippen LogP contribution in [0.1, 0.15) is 41.3 Å². The van der Waals surface area contributed by atoms with Gasteiger partial charge in [-0.15, -0.1) is 12.4 Å². The molecule has 1 fully saturated rings. The van der Waals surface area contributed by atoms with Crippen molar-refractivity contribution in [2.45, 2.75) is 32.7 Å². The number of benzene rings is 2. The number of rotatable bonds is 5. The molecule has 3 nitrogen and oxygen atoms in total. The Morgan fingerprint density at radius 2 is 1.76 bits per heavy atom. The number of likely N-dealkylation sites (tertiary alicyclic amines) is 1. The minimum Gasteiger partial charge on any atom is -0.338 e. The fourth-order valence-electron chi connectivity index (χ4n) is 3.46. The zero-order valence-corrected chi connectivity index (χ0v) is 15.6. The first-order chi connectivity index (χ1) is 11.6. The second kappa shape index (κ2) is 8.50. The summed E-state index contributed by atoms with van der Waals surface area (Å²) in [5.41, 5.74) is 9.03. The highest BCUT2D eigenvalue weighted by atomic mass is 35.5. The molecule has 1 unspecified atom stereocenters. The first-order valence-electron chi connectivity index (χ1n) is 8.72. The van der Waals surface area contributed by atoms with E-state index in [0.29, 0.717) is 6.54 Å². The molecule has 0 aromatic heterocycles. The first-order valence-corrected chi connectivity index (χ1v) is 8.72. The number of hydrogen-bond acceptors (Lipinski definition) is 2. The summed E-state index contributed by atoms with van der Waals surface area (Å²) in [5, 5.41) is 0. The maximum atomic E-state index is 12.7. The van der Waals surface area contributed by atoms with Crippen LogP contribution in [-0.2, 0) is 13.0 Å². The van der Waals surface area contributed by atoms with Gasteiger partial charge >= 0.3 is 0 Å². The summed E-state index contributed by atoms with van der Waals surface area (Å²) in [6.45, 7) is 4.51. The molecular weight excluding hydrogens is 332 g/mol. The van der Waals surface area contributed by atoms with Crippen LogP contribution in [0.2, 0.25) is 0 Å². The Hall–Kier alpha value is -1.84. The van der Waals surface area contributed by atoms with Crippen molar-refractivity contribution in [3.63, 3.8) is 0 Å². The summed E-state index contributed by atoms with van der Waals surface area (Å²) in [6, 6.07) is 18.3. The standard InChI is InChI=1S/C21H26N2O.ClH/c1-21(12-11-17-5-3-2-4-6-17)13-14-23(16-21)20(24)19-9-7-18(15-22)8-10-19;/h2-10H,11-16,22H2,1H3;1H. The lowest BCUT2D eigenvalue weighted by Crippen LogP contribution is -2.31. The summed E-state index contributed by atoms with van der Waals surface area (Å²) in [4.78, 5) is 14.7. The van der Waals surface area contributed by atoms with Crippen LogP contribution < -0.4 is 5.73 Å². The molecule has 3 rings (SSSR count). The monoisotopic (exact) mass is 358 g/mol. The molecule has 1 aliphatic heterocycles. The van der Waals surface area contributed by atoms with Crippen molar-refractivity contribution < 1.29 is 4.79 Å². The Morgan fingerprint density at radius 3 is 2.40 bits per heavy atom. The predicted octanol–water partition coefficient (Wildman–Crippen LogP) is 4.05. The van der Waals surface area contributed by atoms with E-state index in [1.807, 2.05) is 29.2 Å². The maximum absolute atomic E-state index is 12.7. The summed E-state index contributed by atoms with van der Waals surface area (Å²) in [5.74, 6) is 0.141. The van der Waals surface area contributed by atoms with Crippen LogP contribution in [-0.4, -0.2) is 23.9 Å². The Bertz CT molecular complexity index is 687. The van der Waals surface area contributed by atoms with Crippen LogP contribution in [0.25, 0.3) is 0 Å². The minimum absolute atomic E-state index is 0. The van der Waals surface area contributed by atoms with Gasteiger partial charge in [0.2, 0.25) is 0 Å². The van der Waals surface area contributed by atoms with Crippen molar-refractivity contribution in [3.8, 4) is 0 Å². The van der Waals surface area contributed by atoms with E-state index >= 15 is 0 Å². The van der Waals surface area contributed by atoms with Crippen molar-refractivity contribution in [1.82, 2.24) is 4.90 Å². The molecule has 1 saturated heterocycles. The van der Waals surface area contributed by atoms with Crippen LogP contribution in [0.3, 0.4) is 0 Å². The molecule has 1 amide bonds. The Balaban J connectivity index is 0.00000225. The van der Waals surface area contributed by atoms with Gasteiger partial charge in [0.25, 0.3) is 5.91 Å². The minimum atomic E-state index is 0. The fraction of sp³-hybridized carbons (Fsp3) is 0.381. The van der Waals surface area contributed by atoms with E-state index < -0.39 is 0 Å². The van der Waals surface area contributed by atoms with E-state index in [1.165, 1.54) is 5.56 Å². The number of hydrogen-bond donors (Lipinski definition) is 1. The van der Waals surface area contributed by atoms with E-state index in [2.05, 4.69) is 37.3 Å². The second-order valence-electron chi connectivity index (χ2n) is 7.17. The number of carbonyl (C=O) groups is 1. The van der Waals surface area contributed by atoms with Crippen molar-refractivity contribution in [2.24, 2.45) is 11.1 Å². The summed E-state index contributed by atoms with van der Waals surface area (Å²) in [7, 11) is 0. The predicted molar refractivity (Wildman–Crippen MR) is 105 cm³/mol. The van der Waals surface area contributed by atoms with Gasteiger partial charge in [0.1, 0.15) is 0 Å². The SMILES string of the molecule is CC1(CCc2ccccc2)CCN(C(=O)c2ccc(CN)cc2)C1.Cl. The highest BCUT2D eigenvalue weighted by Crippen LogP contribution is 2.35. The lowest BCUT2D eigenvalue weighted by molar-refractivity contribution is 0.0773. The third kappa shape index (κ3) is 4.83. The lowest BCUT2D eigenvalue weighted by atomic mass is 9.83.